The lowest BCUT2D eigenvalue weighted by molar-refractivity contribution is 1.05. The van der Waals surface area contributed by atoms with Gasteiger partial charge in [0.2, 0.25) is 0 Å². The first kappa shape index (κ1) is 10.2. The molecule has 0 aliphatic heterocycles. The van der Waals surface area contributed by atoms with Crippen LogP contribution >= 0.6 is 0 Å². The predicted octanol–water partition coefficient (Wildman–Crippen LogP) is 2.98. The maximum atomic E-state index is 4.15. The first-order chi connectivity index (χ1) is 5.34. The van der Waals surface area contributed by atoms with Crippen molar-refractivity contribution in [2.24, 2.45) is 0 Å². The van der Waals surface area contributed by atoms with Crippen LogP contribution < -0.4 is 0 Å². The molecule has 0 N–H and O–H groups in total. The van der Waals surface area contributed by atoms with Crippen LogP contribution in [0.15, 0.2) is 18.3 Å². The summed E-state index contributed by atoms with van der Waals surface area (Å²) in [5, 5.41) is 0. The molecule has 1 aromatic rings. The molecule has 0 fully saturated rings. The standard InChI is InChI=1S/C8H11N.C2H6/c1-3-8-5-4-6-9-7(8)2;1-2/h4-6H,3H2,1-2H3;1-2H3. The average molecular weight is 151 g/mol. The molecule has 1 rings (SSSR count). The van der Waals surface area contributed by atoms with Crippen LogP contribution in [0.3, 0.4) is 0 Å². The van der Waals surface area contributed by atoms with Gasteiger partial charge in [0.1, 0.15) is 0 Å². The molecule has 1 heterocycles. The molecule has 0 unspecified atom stereocenters. The summed E-state index contributed by atoms with van der Waals surface area (Å²) in [6.07, 6.45) is 2.91. The number of aryl methyl sites for hydroxylation is 2. The largest absolute Gasteiger partial charge is 0.261 e. The fraction of sp³-hybridized carbons (Fsp3) is 0.500. The molecule has 11 heavy (non-hydrogen) atoms. The second kappa shape index (κ2) is 5.90. The van der Waals surface area contributed by atoms with Crippen LogP contribution in [-0.4, -0.2) is 4.98 Å². The summed E-state index contributed by atoms with van der Waals surface area (Å²) < 4.78 is 0. The van der Waals surface area contributed by atoms with Crippen LogP contribution in [-0.2, 0) is 6.42 Å². The van der Waals surface area contributed by atoms with Crippen LogP contribution in [0, 0.1) is 6.92 Å². The summed E-state index contributed by atoms with van der Waals surface area (Å²) in [6, 6.07) is 4.09. The summed E-state index contributed by atoms with van der Waals surface area (Å²) in [5.41, 5.74) is 2.50. The van der Waals surface area contributed by atoms with Crippen molar-refractivity contribution in [2.45, 2.75) is 34.1 Å². The Hall–Kier alpha value is -0.850. The van der Waals surface area contributed by atoms with Crippen molar-refractivity contribution in [1.82, 2.24) is 4.98 Å². The van der Waals surface area contributed by atoms with E-state index in [0.717, 1.165) is 12.1 Å². The predicted molar refractivity (Wildman–Crippen MR) is 49.7 cm³/mol. The van der Waals surface area contributed by atoms with Gasteiger partial charge in [-0.1, -0.05) is 26.8 Å². The number of nitrogens with zero attached hydrogens (tertiary/aromatic N) is 1. The Bertz CT molecular complexity index is 194. The minimum atomic E-state index is 1.08. The van der Waals surface area contributed by atoms with E-state index in [9.17, 15) is 0 Å². The van der Waals surface area contributed by atoms with Crippen LogP contribution in [0.4, 0.5) is 0 Å². The van der Waals surface area contributed by atoms with E-state index in [1.54, 1.807) is 0 Å². The smallest absolute Gasteiger partial charge is 0.0404 e. The molecule has 1 aromatic heterocycles. The lowest BCUT2D eigenvalue weighted by atomic mass is 10.2. The quantitative estimate of drug-likeness (QED) is 0.601. The Morgan fingerprint density at radius 2 is 2.00 bits per heavy atom. The Labute approximate surface area is 69.5 Å². The zero-order valence-electron chi connectivity index (χ0n) is 7.89. The molecule has 62 valence electrons. The van der Waals surface area contributed by atoms with Gasteiger partial charge in [-0.2, -0.15) is 0 Å². The van der Waals surface area contributed by atoms with Crippen LogP contribution in [0.1, 0.15) is 32.0 Å². The highest BCUT2D eigenvalue weighted by Gasteiger charge is 1.91. The molecule has 1 heteroatoms. The first-order valence-corrected chi connectivity index (χ1v) is 4.25. The molecule has 0 aliphatic rings. The fourth-order valence-electron chi connectivity index (χ4n) is 0.891. The first-order valence-electron chi connectivity index (χ1n) is 4.25. The molecule has 0 atom stereocenters. The SMILES string of the molecule is CC.CCc1cccnc1C. The number of pyridine rings is 1. The molecule has 0 saturated carbocycles. The molecule has 0 bridgehead atoms. The number of aromatic nitrogens is 1. The van der Waals surface area contributed by atoms with Crippen molar-refractivity contribution >= 4 is 0 Å². The van der Waals surface area contributed by atoms with E-state index < -0.39 is 0 Å². The third-order valence-electron chi connectivity index (χ3n) is 1.50. The topological polar surface area (TPSA) is 12.9 Å². The summed E-state index contributed by atoms with van der Waals surface area (Å²) in [5.74, 6) is 0. The third kappa shape index (κ3) is 3.17. The second-order valence-corrected chi connectivity index (χ2v) is 2.10. The van der Waals surface area contributed by atoms with Crippen LogP contribution in [0.25, 0.3) is 0 Å². The molecule has 0 spiro atoms. The Kier molecular flexibility index (Phi) is 5.44. The second-order valence-electron chi connectivity index (χ2n) is 2.10. The normalized spacial score (nSPS) is 8.36. The molecule has 1 nitrogen and oxygen atoms in total. The van der Waals surface area contributed by atoms with Crippen molar-refractivity contribution in [2.75, 3.05) is 0 Å². The number of hydrogen-bond acceptors (Lipinski definition) is 1. The van der Waals surface area contributed by atoms with Crippen molar-refractivity contribution in [3.63, 3.8) is 0 Å². The molecule has 0 amide bonds. The van der Waals surface area contributed by atoms with E-state index in [1.165, 1.54) is 5.56 Å². The average Bonchev–Trinajstić information content (AvgIpc) is 2.09. The molecular weight excluding hydrogens is 134 g/mol. The molecule has 0 saturated heterocycles. The Balaban J connectivity index is 0.000000461. The summed E-state index contributed by atoms with van der Waals surface area (Å²) in [6.45, 7) is 8.18. The highest BCUT2D eigenvalue weighted by Crippen LogP contribution is 2.02. The summed E-state index contributed by atoms with van der Waals surface area (Å²) >= 11 is 0. The maximum absolute atomic E-state index is 4.15. The van der Waals surface area contributed by atoms with Crippen molar-refractivity contribution in [1.29, 1.82) is 0 Å². The summed E-state index contributed by atoms with van der Waals surface area (Å²) in [7, 11) is 0. The number of rotatable bonds is 1. The van der Waals surface area contributed by atoms with Gasteiger partial charge in [0, 0.05) is 11.9 Å². The van der Waals surface area contributed by atoms with Crippen LogP contribution in [0.2, 0.25) is 0 Å². The van der Waals surface area contributed by atoms with Gasteiger partial charge in [0.25, 0.3) is 0 Å². The highest BCUT2D eigenvalue weighted by molar-refractivity contribution is 5.17. The Morgan fingerprint density at radius 1 is 1.36 bits per heavy atom. The van der Waals surface area contributed by atoms with Crippen molar-refractivity contribution < 1.29 is 0 Å². The van der Waals surface area contributed by atoms with Gasteiger partial charge >= 0.3 is 0 Å². The highest BCUT2D eigenvalue weighted by atomic mass is 14.7. The fourth-order valence-corrected chi connectivity index (χ4v) is 0.891. The van der Waals surface area contributed by atoms with Gasteiger partial charge in [-0.05, 0) is 25.0 Å². The summed E-state index contributed by atoms with van der Waals surface area (Å²) in [4.78, 5) is 4.15. The van der Waals surface area contributed by atoms with Gasteiger partial charge in [-0.15, -0.1) is 0 Å². The van der Waals surface area contributed by atoms with E-state index in [4.69, 9.17) is 0 Å². The van der Waals surface area contributed by atoms with Gasteiger partial charge in [-0.3, -0.25) is 4.98 Å². The Morgan fingerprint density at radius 3 is 2.36 bits per heavy atom. The minimum absolute atomic E-state index is 1.08. The minimum Gasteiger partial charge on any atom is -0.261 e. The van der Waals surface area contributed by atoms with Gasteiger partial charge in [0.05, 0.1) is 0 Å². The third-order valence-corrected chi connectivity index (χ3v) is 1.50. The molecule has 0 aromatic carbocycles. The molecular formula is C10H17N. The lowest BCUT2D eigenvalue weighted by Crippen LogP contribution is -1.87. The molecule has 0 radical (unpaired) electrons. The van der Waals surface area contributed by atoms with E-state index in [2.05, 4.69) is 18.0 Å². The monoisotopic (exact) mass is 151 g/mol. The van der Waals surface area contributed by atoms with Crippen molar-refractivity contribution in [3.05, 3.63) is 29.6 Å². The number of hydrogen-bond donors (Lipinski definition) is 0. The zero-order chi connectivity index (χ0) is 8.69. The van der Waals surface area contributed by atoms with Gasteiger partial charge in [-0.25, -0.2) is 0 Å². The van der Waals surface area contributed by atoms with E-state index in [1.807, 2.05) is 33.0 Å². The molecule has 0 aliphatic carbocycles. The van der Waals surface area contributed by atoms with E-state index in [-0.39, 0.29) is 0 Å². The zero-order valence-corrected chi connectivity index (χ0v) is 7.89. The van der Waals surface area contributed by atoms with Gasteiger partial charge < -0.3 is 0 Å². The maximum Gasteiger partial charge on any atom is 0.0404 e. The van der Waals surface area contributed by atoms with E-state index >= 15 is 0 Å². The van der Waals surface area contributed by atoms with Crippen molar-refractivity contribution in [3.8, 4) is 0 Å². The van der Waals surface area contributed by atoms with E-state index in [0.29, 0.717) is 0 Å². The lowest BCUT2D eigenvalue weighted by Gasteiger charge is -1.97. The van der Waals surface area contributed by atoms with Gasteiger partial charge in [0.15, 0.2) is 0 Å². The van der Waals surface area contributed by atoms with Crippen LogP contribution in [0.5, 0.6) is 0 Å².